The van der Waals surface area contributed by atoms with Gasteiger partial charge in [-0.2, -0.15) is 10.2 Å². The van der Waals surface area contributed by atoms with Gasteiger partial charge in [-0.1, -0.05) is 0 Å². The smallest absolute Gasteiger partial charge is 0.337 e. The lowest BCUT2D eigenvalue weighted by molar-refractivity contribution is -0.149. The minimum absolute atomic E-state index is 0.101. The number of carbonyl (C=O) groups is 2. The van der Waals surface area contributed by atoms with Crippen LogP contribution in [0.2, 0.25) is 0 Å². The number of amides is 1. The minimum Gasteiger partial charge on any atom is -0.479 e. The summed E-state index contributed by atoms with van der Waals surface area (Å²) in [4.78, 5) is 23.8. The summed E-state index contributed by atoms with van der Waals surface area (Å²) in [6, 6.07) is 2.30. The number of carboxylic acid groups (broad SMARTS) is 1. The predicted octanol–water partition coefficient (Wildman–Crippen LogP) is -0.950. The maximum atomic E-state index is 11.9. The number of aromatic amines is 1. The van der Waals surface area contributed by atoms with Crippen LogP contribution in [-0.4, -0.2) is 43.0 Å². The van der Waals surface area contributed by atoms with Crippen LogP contribution < -0.4 is 11.1 Å². The molecule has 0 saturated carbocycles. The van der Waals surface area contributed by atoms with Crippen molar-refractivity contribution < 1.29 is 14.7 Å². The molecule has 112 valence electrons. The first-order valence-corrected chi connectivity index (χ1v) is 6.24. The largest absolute Gasteiger partial charge is 0.479 e. The van der Waals surface area contributed by atoms with Crippen LogP contribution in [0.5, 0.6) is 0 Å². The van der Waals surface area contributed by atoms with Gasteiger partial charge < -0.3 is 16.2 Å². The average molecular weight is 292 g/mol. The molecule has 0 aliphatic heterocycles. The summed E-state index contributed by atoms with van der Waals surface area (Å²) in [6.07, 6.45) is 4.53. The van der Waals surface area contributed by atoms with Crippen molar-refractivity contribution in [2.75, 3.05) is 0 Å². The molecule has 0 bridgehead atoms. The Hall–Kier alpha value is -2.68. The van der Waals surface area contributed by atoms with E-state index >= 15 is 0 Å². The highest BCUT2D eigenvalue weighted by atomic mass is 16.4. The third-order valence-corrected chi connectivity index (χ3v) is 3.03. The van der Waals surface area contributed by atoms with E-state index in [0.717, 1.165) is 0 Å². The van der Waals surface area contributed by atoms with E-state index in [9.17, 15) is 14.7 Å². The van der Waals surface area contributed by atoms with Crippen molar-refractivity contribution in [3.63, 3.8) is 0 Å². The molecule has 2 atom stereocenters. The molecule has 0 saturated heterocycles. The molecule has 2 heterocycles. The molecule has 2 aromatic heterocycles. The summed E-state index contributed by atoms with van der Waals surface area (Å²) in [5, 5.41) is 22.5. The molecule has 2 rings (SSSR count). The van der Waals surface area contributed by atoms with Crippen LogP contribution in [0.15, 0.2) is 30.7 Å². The molecule has 0 aromatic carbocycles. The van der Waals surface area contributed by atoms with Crippen molar-refractivity contribution in [1.82, 2.24) is 25.3 Å². The second-order valence-corrected chi connectivity index (χ2v) is 4.66. The highest BCUT2D eigenvalue weighted by molar-refractivity contribution is 5.89. The Morgan fingerprint density at radius 2 is 2.33 bits per heavy atom. The molecule has 0 aliphatic carbocycles. The molecule has 9 nitrogen and oxygen atoms in total. The van der Waals surface area contributed by atoms with E-state index in [1.54, 1.807) is 12.3 Å². The Labute approximate surface area is 120 Å². The molecule has 1 amide bonds. The maximum absolute atomic E-state index is 11.9. The lowest BCUT2D eigenvalue weighted by Gasteiger charge is -2.30. The van der Waals surface area contributed by atoms with Crippen LogP contribution >= 0.6 is 0 Å². The number of nitrogens with two attached hydrogens (primary N) is 1. The molecule has 0 spiro atoms. The van der Waals surface area contributed by atoms with Crippen molar-refractivity contribution in [3.05, 3.63) is 36.4 Å². The van der Waals surface area contributed by atoms with Crippen molar-refractivity contribution in [2.45, 2.75) is 25.0 Å². The number of carboxylic acids is 1. The fraction of sp³-hybridized carbons (Fsp3) is 0.333. The van der Waals surface area contributed by atoms with Gasteiger partial charge in [0.05, 0.1) is 18.3 Å². The van der Waals surface area contributed by atoms with Gasteiger partial charge in [-0.3, -0.25) is 14.6 Å². The zero-order valence-electron chi connectivity index (χ0n) is 11.4. The summed E-state index contributed by atoms with van der Waals surface area (Å²) >= 11 is 0. The normalized spacial score (nSPS) is 15.1. The van der Waals surface area contributed by atoms with Gasteiger partial charge in [0.1, 0.15) is 0 Å². The van der Waals surface area contributed by atoms with Crippen LogP contribution in [0.1, 0.15) is 12.6 Å². The second kappa shape index (κ2) is 5.75. The topological polar surface area (TPSA) is 139 Å². The molecule has 5 N–H and O–H groups in total. The number of nitrogens with one attached hydrogen (secondary N) is 2. The zero-order valence-corrected chi connectivity index (χ0v) is 11.4. The van der Waals surface area contributed by atoms with Crippen molar-refractivity contribution >= 4 is 11.9 Å². The third-order valence-electron chi connectivity index (χ3n) is 3.03. The van der Waals surface area contributed by atoms with Gasteiger partial charge in [0.2, 0.25) is 5.91 Å². The lowest BCUT2D eigenvalue weighted by atomic mass is 9.94. The summed E-state index contributed by atoms with van der Waals surface area (Å²) in [5.74, 6) is -1.82. The number of hydrogen-bond acceptors (Lipinski definition) is 5. The van der Waals surface area contributed by atoms with Gasteiger partial charge in [-0.05, 0) is 19.1 Å². The van der Waals surface area contributed by atoms with Gasteiger partial charge in [-0.25, -0.2) is 4.79 Å². The molecular weight excluding hydrogens is 276 g/mol. The fourth-order valence-corrected chi connectivity index (χ4v) is 1.88. The quantitative estimate of drug-likeness (QED) is 0.541. The van der Waals surface area contributed by atoms with Crippen molar-refractivity contribution in [1.29, 1.82) is 0 Å². The fourth-order valence-electron chi connectivity index (χ4n) is 1.88. The van der Waals surface area contributed by atoms with Crippen molar-refractivity contribution in [3.8, 4) is 0 Å². The Morgan fingerprint density at radius 1 is 1.57 bits per heavy atom. The molecule has 0 aliphatic rings. The lowest BCUT2D eigenvalue weighted by Crippen LogP contribution is -2.58. The number of carbonyl (C=O) groups excluding carboxylic acids is 1. The van der Waals surface area contributed by atoms with E-state index in [1.165, 1.54) is 30.1 Å². The first kappa shape index (κ1) is 14.7. The zero-order chi connectivity index (χ0) is 15.5. The maximum Gasteiger partial charge on any atom is 0.337 e. The van der Waals surface area contributed by atoms with Gasteiger partial charge >= 0.3 is 5.97 Å². The summed E-state index contributed by atoms with van der Waals surface area (Å²) < 4.78 is 1.41. The van der Waals surface area contributed by atoms with Crippen LogP contribution in [0.25, 0.3) is 0 Å². The van der Waals surface area contributed by atoms with E-state index in [1.807, 2.05) is 0 Å². The molecular formula is C12H16N6O3. The summed E-state index contributed by atoms with van der Waals surface area (Å²) in [6.45, 7) is 1.37. The Kier molecular flexibility index (Phi) is 4.03. The molecule has 0 radical (unpaired) electrons. The number of aromatic nitrogens is 4. The summed E-state index contributed by atoms with van der Waals surface area (Å²) in [5.41, 5.74) is 4.02. The van der Waals surface area contributed by atoms with Crippen molar-refractivity contribution in [2.24, 2.45) is 5.73 Å². The first-order chi connectivity index (χ1) is 9.95. The van der Waals surface area contributed by atoms with E-state index in [-0.39, 0.29) is 12.2 Å². The van der Waals surface area contributed by atoms with Crippen LogP contribution in [0, 0.1) is 0 Å². The second-order valence-electron chi connectivity index (χ2n) is 4.66. The summed E-state index contributed by atoms with van der Waals surface area (Å²) in [7, 11) is 0. The molecule has 0 fully saturated rings. The number of aliphatic carboxylic acids is 1. The molecule has 1 unspecified atom stereocenters. The van der Waals surface area contributed by atoms with E-state index in [0.29, 0.717) is 0 Å². The van der Waals surface area contributed by atoms with E-state index in [4.69, 9.17) is 5.73 Å². The van der Waals surface area contributed by atoms with E-state index in [2.05, 4.69) is 20.6 Å². The van der Waals surface area contributed by atoms with Crippen LogP contribution in [0.3, 0.4) is 0 Å². The van der Waals surface area contributed by atoms with Crippen LogP contribution in [0.4, 0.5) is 0 Å². The minimum atomic E-state index is -1.73. The molecule has 2 aromatic rings. The Balaban J connectivity index is 2.44. The number of hydrogen-bond donors (Lipinski definition) is 4. The Bertz CT molecular complexity index is 607. The first-order valence-electron chi connectivity index (χ1n) is 6.24. The average Bonchev–Trinajstić information content (AvgIpc) is 3.10. The monoisotopic (exact) mass is 292 g/mol. The SMILES string of the molecule is CC(N)C(=O)N[C@](Cn1cccn1)(C(=O)O)c1ccn[nH]1. The van der Waals surface area contributed by atoms with Gasteiger partial charge in [-0.15, -0.1) is 0 Å². The van der Waals surface area contributed by atoms with Gasteiger partial charge in [0, 0.05) is 18.6 Å². The standard InChI is InChI=1S/C12H16N6O3/c1-8(13)10(19)16-12(11(20)21,9-3-5-14-17-9)7-18-6-2-4-15-18/h2-6,8H,7,13H2,1H3,(H,14,17)(H,16,19)(H,20,21)/t8?,12-/m0/s1. The molecule has 9 heteroatoms. The van der Waals surface area contributed by atoms with Crippen LogP contribution in [-0.2, 0) is 21.7 Å². The third kappa shape index (κ3) is 2.92. The Morgan fingerprint density at radius 3 is 2.81 bits per heavy atom. The highest BCUT2D eigenvalue weighted by Crippen LogP contribution is 2.22. The van der Waals surface area contributed by atoms with Gasteiger partial charge in [0.25, 0.3) is 0 Å². The van der Waals surface area contributed by atoms with Gasteiger partial charge in [0.15, 0.2) is 5.54 Å². The van der Waals surface area contributed by atoms with E-state index < -0.39 is 23.5 Å². The molecule has 21 heavy (non-hydrogen) atoms. The predicted molar refractivity (Wildman–Crippen MR) is 71.9 cm³/mol. The number of nitrogens with zero attached hydrogens (tertiary/aromatic N) is 3. The highest BCUT2D eigenvalue weighted by Gasteiger charge is 2.44. The number of rotatable bonds is 6. The number of H-pyrrole nitrogens is 1.